The van der Waals surface area contributed by atoms with Gasteiger partial charge in [0.25, 0.3) is 5.89 Å². The summed E-state index contributed by atoms with van der Waals surface area (Å²) in [5, 5.41) is 3.88. The van der Waals surface area contributed by atoms with E-state index in [-0.39, 0.29) is 17.9 Å². The smallest absolute Gasteiger partial charge is 0.338 e. The quantitative estimate of drug-likeness (QED) is 0.791. The van der Waals surface area contributed by atoms with Crippen molar-refractivity contribution in [3.05, 3.63) is 40.8 Å². The highest BCUT2D eigenvalue weighted by Crippen LogP contribution is 2.38. The van der Waals surface area contributed by atoms with Crippen LogP contribution in [0.25, 0.3) is 0 Å². The molecule has 6 nitrogen and oxygen atoms in total. The first-order valence-electron chi connectivity index (χ1n) is 6.92. The molecule has 22 heavy (non-hydrogen) atoms. The normalized spacial score (nSPS) is 14.0. The zero-order valence-corrected chi connectivity index (χ0v) is 12.3. The van der Waals surface area contributed by atoms with Gasteiger partial charge >= 0.3 is 5.97 Å². The molecule has 1 aliphatic carbocycles. The molecule has 1 aromatic carbocycles. The first kappa shape index (κ1) is 14.5. The van der Waals surface area contributed by atoms with Crippen molar-refractivity contribution in [2.24, 2.45) is 0 Å². The number of methoxy groups -OCH3 is 1. The Hall–Kier alpha value is -2.44. The summed E-state index contributed by atoms with van der Waals surface area (Å²) in [7, 11) is 1.23. The molecule has 1 aliphatic rings. The first-order chi connectivity index (χ1) is 10.6. The van der Waals surface area contributed by atoms with Crippen LogP contribution in [0.15, 0.2) is 16.7 Å². The van der Waals surface area contributed by atoms with Gasteiger partial charge in [-0.2, -0.15) is 4.98 Å². The largest absolute Gasteiger partial charge is 0.483 e. The van der Waals surface area contributed by atoms with Gasteiger partial charge in [0, 0.05) is 11.5 Å². The molecule has 0 radical (unpaired) electrons. The Balaban J connectivity index is 1.75. The minimum absolute atomic E-state index is 0.0185. The standard InChI is InChI=1S/C15H15FN2O4/c1-8-11(16)5-10(15(19)20-2)6-12(8)21-7-13-17-14(18-22-13)9-3-4-9/h5-6,9H,3-4,7H2,1-2H3. The van der Waals surface area contributed by atoms with E-state index in [1.54, 1.807) is 6.92 Å². The molecule has 0 saturated heterocycles. The van der Waals surface area contributed by atoms with E-state index in [0.717, 1.165) is 18.9 Å². The highest BCUT2D eigenvalue weighted by Gasteiger charge is 2.28. The van der Waals surface area contributed by atoms with Crippen molar-refractivity contribution in [1.29, 1.82) is 0 Å². The number of hydrogen-bond acceptors (Lipinski definition) is 6. The molecule has 0 atom stereocenters. The fourth-order valence-corrected chi connectivity index (χ4v) is 2.01. The molecular formula is C15H15FN2O4. The van der Waals surface area contributed by atoms with Gasteiger partial charge < -0.3 is 14.0 Å². The summed E-state index contributed by atoms with van der Waals surface area (Å²) in [5.41, 5.74) is 0.388. The van der Waals surface area contributed by atoms with Crippen LogP contribution in [0.2, 0.25) is 0 Å². The maximum absolute atomic E-state index is 13.8. The molecule has 7 heteroatoms. The van der Waals surface area contributed by atoms with Crippen molar-refractivity contribution in [1.82, 2.24) is 10.1 Å². The van der Waals surface area contributed by atoms with Crippen LogP contribution in [0, 0.1) is 12.7 Å². The van der Waals surface area contributed by atoms with E-state index in [4.69, 9.17) is 9.26 Å². The van der Waals surface area contributed by atoms with Gasteiger partial charge in [-0.15, -0.1) is 0 Å². The summed E-state index contributed by atoms with van der Waals surface area (Å²) < 4.78 is 29.0. The fourth-order valence-electron chi connectivity index (χ4n) is 2.01. The molecule has 1 saturated carbocycles. The molecule has 1 aromatic heterocycles. The molecule has 1 heterocycles. The van der Waals surface area contributed by atoms with Crippen LogP contribution in [0.1, 0.15) is 46.4 Å². The third-order valence-corrected chi connectivity index (χ3v) is 3.50. The van der Waals surface area contributed by atoms with E-state index < -0.39 is 11.8 Å². The van der Waals surface area contributed by atoms with Crippen molar-refractivity contribution in [3.63, 3.8) is 0 Å². The van der Waals surface area contributed by atoms with Crippen LogP contribution in [-0.4, -0.2) is 23.2 Å². The van der Waals surface area contributed by atoms with Crippen molar-refractivity contribution in [2.45, 2.75) is 32.3 Å². The van der Waals surface area contributed by atoms with Crippen LogP contribution in [0.3, 0.4) is 0 Å². The molecule has 1 fully saturated rings. The second kappa shape index (κ2) is 5.75. The van der Waals surface area contributed by atoms with Crippen molar-refractivity contribution >= 4 is 5.97 Å². The second-order valence-corrected chi connectivity index (χ2v) is 5.18. The molecular weight excluding hydrogens is 291 g/mol. The molecule has 116 valence electrons. The SMILES string of the molecule is COC(=O)c1cc(F)c(C)c(OCc2nc(C3CC3)no2)c1. The Labute approximate surface area is 126 Å². The second-order valence-electron chi connectivity index (χ2n) is 5.18. The van der Waals surface area contributed by atoms with Gasteiger partial charge in [0.2, 0.25) is 0 Å². The summed E-state index contributed by atoms with van der Waals surface area (Å²) in [6.07, 6.45) is 2.15. The molecule has 0 amide bonds. The van der Waals surface area contributed by atoms with Crippen LogP contribution in [0.5, 0.6) is 5.75 Å². The lowest BCUT2D eigenvalue weighted by atomic mass is 10.1. The fraction of sp³-hybridized carbons (Fsp3) is 0.400. The Bertz CT molecular complexity index is 710. The zero-order chi connectivity index (χ0) is 15.7. The molecule has 0 unspecified atom stereocenters. The monoisotopic (exact) mass is 306 g/mol. The van der Waals surface area contributed by atoms with E-state index in [0.29, 0.717) is 23.2 Å². The molecule has 0 N–H and O–H groups in total. The van der Waals surface area contributed by atoms with E-state index >= 15 is 0 Å². The number of nitrogens with zero attached hydrogens (tertiary/aromatic N) is 2. The molecule has 2 aromatic rings. The van der Waals surface area contributed by atoms with Crippen molar-refractivity contribution < 1.29 is 23.2 Å². The predicted molar refractivity (Wildman–Crippen MR) is 73.1 cm³/mol. The number of esters is 1. The van der Waals surface area contributed by atoms with Crippen molar-refractivity contribution in [2.75, 3.05) is 7.11 Å². The Morgan fingerprint density at radius 2 is 2.23 bits per heavy atom. The van der Waals surface area contributed by atoms with Gasteiger partial charge in [0.15, 0.2) is 12.4 Å². The maximum atomic E-state index is 13.8. The molecule has 0 bridgehead atoms. The lowest BCUT2D eigenvalue weighted by Gasteiger charge is -2.09. The third kappa shape index (κ3) is 2.93. The molecule has 3 rings (SSSR count). The first-order valence-corrected chi connectivity index (χ1v) is 6.92. The van der Waals surface area contributed by atoms with Crippen LogP contribution < -0.4 is 4.74 Å². The topological polar surface area (TPSA) is 74.5 Å². The van der Waals surface area contributed by atoms with Crippen LogP contribution >= 0.6 is 0 Å². The number of carbonyl (C=O) groups is 1. The average molecular weight is 306 g/mol. The Morgan fingerprint density at radius 3 is 2.91 bits per heavy atom. The van der Waals surface area contributed by atoms with Gasteiger partial charge in [-0.3, -0.25) is 0 Å². The van der Waals surface area contributed by atoms with E-state index in [1.807, 2.05) is 0 Å². The Morgan fingerprint density at radius 1 is 1.45 bits per heavy atom. The lowest BCUT2D eigenvalue weighted by Crippen LogP contribution is -2.05. The number of rotatable bonds is 5. The maximum Gasteiger partial charge on any atom is 0.338 e. The molecule has 0 aliphatic heterocycles. The highest BCUT2D eigenvalue weighted by atomic mass is 19.1. The lowest BCUT2D eigenvalue weighted by molar-refractivity contribution is 0.0599. The Kier molecular flexibility index (Phi) is 3.79. The van der Waals surface area contributed by atoms with Gasteiger partial charge in [0.1, 0.15) is 11.6 Å². The van der Waals surface area contributed by atoms with Gasteiger partial charge in [-0.1, -0.05) is 5.16 Å². The number of benzene rings is 1. The van der Waals surface area contributed by atoms with Crippen LogP contribution in [0.4, 0.5) is 4.39 Å². The number of hydrogen-bond donors (Lipinski definition) is 0. The summed E-state index contributed by atoms with van der Waals surface area (Å²) in [6, 6.07) is 2.55. The average Bonchev–Trinajstić information content (AvgIpc) is 3.26. The van der Waals surface area contributed by atoms with Gasteiger partial charge in [0.05, 0.1) is 12.7 Å². The summed E-state index contributed by atoms with van der Waals surface area (Å²) in [5.74, 6) is 0.473. The van der Waals surface area contributed by atoms with Gasteiger partial charge in [-0.05, 0) is 31.9 Å². The van der Waals surface area contributed by atoms with E-state index in [9.17, 15) is 9.18 Å². The minimum Gasteiger partial charge on any atom is -0.483 e. The van der Waals surface area contributed by atoms with Crippen LogP contribution in [-0.2, 0) is 11.3 Å². The van der Waals surface area contributed by atoms with E-state index in [2.05, 4.69) is 14.9 Å². The zero-order valence-electron chi connectivity index (χ0n) is 12.3. The van der Waals surface area contributed by atoms with E-state index in [1.165, 1.54) is 13.2 Å². The number of carbonyl (C=O) groups excluding carboxylic acids is 1. The number of aromatic nitrogens is 2. The molecule has 0 spiro atoms. The minimum atomic E-state index is -0.627. The number of ether oxygens (including phenoxy) is 2. The highest BCUT2D eigenvalue weighted by molar-refractivity contribution is 5.90. The number of halogens is 1. The summed E-state index contributed by atoms with van der Waals surface area (Å²) in [6.45, 7) is 1.58. The van der Waals surface area contributed by atoms with Gasteiger partial charge in [-0.25, -0.2) is 9.18 Å². The summed E-state index contributed by atoms with van der Waals surface area (Å²) in [4.78, 5) is 15.7. The van der Waals surface area contributed by atoms with Crippen molar-refractivity contribution in [3.8, 4) is 5.75 Å². The predicted octanol–water partition coefficient (Wildman–Crippen LogP) is 2.76. The summed E-state index contributed by atoms with van der Waals surface area (Å²) >= 11 is 0. The third-order valence-electron chi connectivity index (χ3n) is 3.50.